The maximum Gasteiger partial charge on any atom is 0.328 e. The summed E-state index contributed by atoms with van der Waals surface area (Å²) >= 11 is 0. The summed E-state index contributed by atoms with van der Waals surface area (Å²) in [6.45, 7) is 3.41. The van der Waals surface area contributed by atoms with Gasteiger partial charge in [0.25, 0.3) is 0 Å². The maximum atomic E-state index is 13.1. The summed E-state index contributed by atoms with van der Waals surface area (Å²) in [4.78, 5) is 56.3. The molecule has 0 aliphatic rings. The number of rotatable bonds is 16. The van der Waals surface area contributed by atoms with Crippen molar-refractivity contribution >= 4 is 23.7 Å². The van der Waals surface area contributed by atoms with Crippen LogP contribution in [0, 0.1) is 5.92 Å². The van der Waals surface area contributed by atoms with Gasteiger partial charge in [0.2, 0.25) is 17.7 Å². The molecule has 0 saturated carbocycles. The van der Waals surface area contributed by atoms with E-state index in [0.717, 1.165) is 0 Å². The quantitative estimate of drug-likeness (QED) is 0.121. The Morgan fingerprint density at radius 3 is 2.18 bits per heavy atom. The van der Waals surface area contributed by atoms with E-state index in [1.807, 2.05) is 13.8 Å². The van der Waals surface area contributed by atoms with Gasteiger partial charge in [0, 0.05) is 18.3 Å². The molecule has 1 aromatic rings. The fraction of sp³-hybridized carbons (Fsp3) is 0.667. The number of aromatic nitrogens is 2. The van der Waals surface area contributed by atoms with Crippen molar-refractivity contribution < 1.29 is 29.4 Å². The standard InChI is InChI=1S/C21H37N7O6/c1-12(2)7-14(23)18(30)27-16(8-13-9-24-11-25-13)20(32)26-15(5-3-4-6-22)19(31)28-17(10-29)21(33)34/h9,11-12,14-17,29H,3-8,10,22-23H2,1-2H3,(H,24,25)(H,26,32)(H,27,30)(H,28,31)(H,33,34). The van der Waals surface area contributed by atoms with E-state index in [-0.39, 0.29) is 18.8 Å². The van der Waals surface area contributed by atoms with E-state index in [0.29, 0.717) is 31.5 Å². The summed E-state index contributed by atoms with van der Waals surface area (Å²) in [5, 5.41) is 25.7. The number of hydrogen-bond acceptors (Lipinski definition) is 8. The third-order valence-corrected chi connectivity index (χ3v) is 5.05. The van der Waals surface area contributed by atoms with Crippen molar-refractivity contribution in [2.45, 2.75) is 70.1 Å². The highest BCUT2D eigenvalue weighted by molar-refractivity contribution is 5.94. The van der Waals surface area contributed by atoms with E-state index in [4.69, 9.17) is 16.6 Å². The van der Waals surface area contributed by atoms with E-state index < -0.39 is 54.5 Å². The summed E-state index contributed by atoms with van der Waals surface area (Å²) < 4.78 is 0. The second kappa shape index (κ2) is 15.0. The number of aromatic amines is 1. The van der Waals surface area contributed by atoms with Crippen LogP contribution in [-0.2, 0) is 25.6 Å². The van der Waals surface area contributed by atoms with Gasteiger partial charge in [-0.2, -0.15) is 0 Å². The maximum absolute atomic E-state index is 13.1. The second-order valence-corrected chi connectivity index (χ2v) is 8.51. The summed E-state index contributed by atoms with van der Waals surface area (Å²) in [7, 11) is 0. The summed E-state index contributed by atoms with van der Waals surface area (Å²) in [5.41, 5.74) is 12.0. The predicted molar refractivity (Wildman–Crippen MR) is 123 cm³/mol. The van der Waals surface area contributed by atoms with Crippen LogP contribution in [0.5, 0.6) is 0 Å². The molecule has 0 aromatic carbocycles. The fourth-order valence-corrected chi connectivity index (χ4v) is 3.21. The molecule has 0 spiro atoms. The Morgan fingerprint density at radius 1 is 1.03 bits per heavy atom. The molecule has 13 heteroatoms. The van der Waals surface area contributed by atoms with Gasteiger partial charge in [-0.25, -0.2) is 9.78 Å². The highest BCUT2D eigenvalue weighted by atomic mass is 16.4. The lowest BCUT2D eigenvalue weighted by Crippen LogP contribution is -2.58. The Bertz CT molecular complexity index is 787. The minimum absolute atomic E-state index is 0.0670. The highest BCUT2D eigenvalue weighted by Crippen LogP contribution is 2.07. The van der Waals surface area contributed by atoms with Crippen LogP contribution >= 0.6 is 0 Å². The molecular weight excluding hydrogens is 446 g/mol. The number of imidazole rings is 1. The van der Waals surface area contributed by atoms with E-state index >= 15 is 0 Å². The number of nitrogens with one attached hydrogen (secondary N) is 4. The van der Waals surface area contributed by atoms with Crippen molar-refractivity contribution in [2.75, 3.05) is 13.2 Å². The molecule has 4 atom stereocenters. The number of carboxylic acids is 1. The van der Waals surface area contributed by atoms with Gasteiger partial charge in [-0.05, 0) is 38.1 Å². The number of H-pyrrole nitrogens is 1. The van der Waals surface area contributed by atoms with Gasteiger partial charge in [-0.15, -0.1) is 0 Å². The smallest absolute Gasteiger partial charge is 0.328 e. The first-order valence-corrected chi connectivity index (χ1v) is 11.3. The number of carbonyl (C=O) groups excluding carboxylic acids is 3. The van der Waals surface area contributed by atoms with Crippen molar-refractivity contribution in [3.8, 4) is 0 Å². The Kier molecular flexibility index (Phi) is 12.8. The Hall–Kier alpha value is -3.03. The predicted octanol–water partition coefficient (Wildman–Crippen LogP) is -2.01. The first-order valence-electron chi connectivity index (χ1n) is 11.3. The fourth-order valence-electron chi connectivity index (χ4n) is 3.21. The molecule has 1 heterocycles. The van der Waals surface area contributed by atoms with Crippen molar-refractivity contribution in [1.29, 1.82) is 0 Å². The SMILES string of the molecule is CC(C)CC(N)C(=O)NC(Cc1cnc[nH]1)C(=O)NC(CCCCN)C(=O)NC(CO)C(=O)O. The lowest BCUT2D eigenvalue weighted by atomic mass is 10.0. The number of unbranched alkanes of at least 4 members (excludes halogenated alkanes) is 1. The number of hydrogen-bond donors (Lipinski definition) is 8. The molecule has 13 nitrogen and oxygen atoms in total. The molecule has 0 bridgehead atoms. The zero-order chi connectivity index (χ0) is 25.7. The van der Waals surface area contributed by atoms with Crippen LogP contribution in [0.2, 0.25) is 0 Å². The third kappa shape index (κ3) is 10.3. The molecule has 0 saturated heterocycles. The summed E-state index contributed by atoms with van der Waals surface area (Å²) in [6, 6.07) is -4.50. The zero-order valence-electron chi connectivity index (χ0n) is 19.6. The van der Waals surface area contributed by atoms with Gasteiger partial charge in [0.05, 0.1) is 19.0 Å². The largest absolute Gasteiger partial charge is 0.480 e. The van der Waals surface area contributed by atoms with Gasteiger partial charge in [-0.3, -0.25) is 14.4 Å². The Labute approximate surface area is 198 Å². The molecule has 4 unspecified atom stereocenters. The number of carbonyl (C=O) groups is 4. The van der Waals surface area contributed by atoms with E-state index in [1.165, 1.54) is 12.5 Å². The molecule has 1 rings (SSSR count). The number of aliphatic hydroxyl groups is 1. The third-order valence-electron chi connectivity index (χ3n) is 5.05. The molecule has 192 valence electrons. The van der Waals surface area contributed by atoms with Crippen molar-refractivity contribution in [2.24, 2.45) is 17.4 Å². The molecule has 0 aliphatic carbocycles. The number of aliphatic hydroxyl groups excluding tert-OH is 1. The van der Waals surface area contributed by atoms with E-state index in [9.17, 15) is 24.3 Å². The molecule has 34 heavy (non-hydrogen) atoms. The lowest BCUT2D eigenvalue weighted by Gasteiger charge is -2.25. The van der Waals surface area contributed by atoms with Crippen LogP contribution in [0.25, 0.3) is 0 Å². The van der Waals surface area contributed by atoms with E-state index in [1.54, 1.807) is 0 Å². The van der Waals surface area contributed by atoms with Crippen LogP contribution in [-0.4, -0.2) is 81.2 Å². The molecule has 1 aromatic heterocycles. The second-order valence-electron chi connectivity index (χ2n) is 8.51. The van der Waals surface area contributed by atoms with Crippen LogP contribution in [0.4, 0.5) is 0 Å². The minimum atomic E-state index is -1.52. The van der Waals surface area contributed by atoms with Gasteiger partial charge >= 0.3 is 5.97 Å². The molecular formula is C21H37N7O6. The number of nitrogens with zero attached hydrogens (tertiary/aromatic N) is 1. The lowest BCUT2D eigenvalue weighted by molar-refractivity contribution is -0.143. The monoisotopic (exact) mass is 483 g/mol. The van der Waals surface area contributed by atoms with Crippen molar-refractivity contribution in [1.82, 2.24) is 25.9 Å². The van der Waals surface area contributed by atoms with E-state index in [2.05, 4.69) is 25.9 Å². The molecule has 0 radical (unpaired) electrons. The molecule has 0 fully saturated rings. The topological polar surface area (TPSA) is 226 Å². The number of carboxylic acid groups (broad SMARTS) is 1. The number of amides is 3. The first-order chi connectivity index (χ1) is 16.1. The normalized spacial score (nSPS) is 14.6. The molecule has 3 amide bonds. The van der Waals surface area contributed by atoms with Crippen LogP contribution < -0.4 is 27.4 Å². The number of nitrogens with two attached hydrogens (primary N) is 2. The van der Waals surface area contributed by atoms with Gasteiger partial charge < -0.3 is 42.6 Å². The average molecular weight is 484 g/mol. The van der Waals surface area contributed by atoms with Crippen LogP contribution in [0.15, 0.2) is 12.5 Å². The van der Waals surface area contributed by atoms with Crippen LogP contribution in [0.3, 0.4) is 0 Å². The Morgan fingerprint density at radius 2 is 1.65 bits per heavy atom. The van der Waals surface area contributed by atoms with Crippen molar-refractivity contribution in [3.63, 3.8) is 0 Å². The number of aliphatic carboxylic acids is 1. The highest BCUT2D eigenvalue weighted by Gasteiger charge is 2.30. The first kappa shape index (κ1) is 29.0. The Balaban J connectivity index is 3.01. The average Bonchev–Trinajstić information content (AvgIpc) is 3.28. The summed E-state index contributed by atoms with van der Waals surface area (Å²) in [5.74, 6) is -3.17. The minimum Gasteiger partial charge on any atom is -0.480 e. The van der Waals surface area contributed by atoms with Gasteiger partial charge in [-0.1, -0.05) is 13.8 Å². The summed E-state index contributed by atoms with van der Waals surface area (Å²) in [6.07, 6.45) is 4.68. The van der Waals surface area contributed by atoms with Crippen molar-refractivity contribution in [3.05, 3.63) is 18.2 Å². The molecule has 0 aliphatic heterocycles. The van der Waals surface area contributed by atoms with Crippen LogP contribution in [0.1, 0.15) is 45.2 Å². The van der Waals surface area contributed by atoms with Gasteiger partial charge in [0.15, 0.2) is 0 Å². The van der Waals surface area contributed by atoms with Gasteiger partial charge in [0.1, 0.15) is 18.1 Å². The zero-order valence-corrected chi connectivity index (χ0v) is 19.6. The molecule has 10 N–H and O–H groups in total.